The van der Waals surface area contributed by atoms with E-state index in [0.717, 1.165) is 24.5 Å². The third kappa shape index (κ3) is 5.89. The van der Waals surface area contributed by atoms with Crippen molar-refractivity contribution in [2.75, 3.05) is 29.9 Å². The van der Waals surface area contributed by atoms with Gasteiger partial charge in [-0.3, -0.25) is 20.2 Å². The fourth-order valence-corrected chi connectivity index (χ4v) is 2.97. The number of hydrogen-bond donors (Lipinski definition) is 2. The highest BCUT2D eigenvalue weighted by atomic mass is 32.1. The number of hydrogen-bond acceptors (Lipinski definition) is 6. The van der Waals surface area contributed by atoms with Gasteiger partial charge in [0.05, 0.1) is 11.5 Å². The van der Waals surface area contributed by atoms with Crippen molar-refractivity contribution in [3.05, 3.63) is 58.1 Å². The van der Waals surface area contributed by atoms with Gasteiger partial charge in [0.25, 0.3) is 5.91 Å². The molecule has 154 valence electrons. The average molecular weight is 417 g/mol. The van der Waals surface area contributed by atoms with Crippen LogP contribution in [0.2, 0.25) is 0 Å². The highest BCUT2D eigenvalue weighted by Gasteiger charge is 2.19. The topological polar surface area (TPSA) is 96.7 Å². The van der Waals surface area contributed by atoms with Gasteiger partial charge in [0.15, 0.2) is 10.9 Å². The van der Waals surface area contributed by atoms with Gasteiger partial charge in [-0.2, -0.15) is 0 Å². The molecule has 1 amide bonds. The van der Waals surface area contributed by atoms with E-state index in [-0.39, 0.29) is 28.7 Å². The summed E-state index contributed by atoms with van der Waals surface area (Å²) in [5, 5.41) is 16.8. The van der Waals surface area contributed by atoms with Crippen LogP contribution in [0.1, 0.15) is 31.1 Å². The van der Waals surface area contributed by atoms with E-state index in [4.69, 9.17) is 17.0 Å². The lowest BCUT2D eigenvalue weighted by molar-refractivity contribution is -0.385. The van der Waals surface area contributed by atoms with Crippen LogP contribution in [0.4, 0.5) is 17.1 Å². The molecule has 0 spiro atoms. The standard InChI is InChI=1S/C20H24N4O4S/c1-4-23(5-2)16-10-8-15(9-11-16)21-20(29)22-19(25)14-7-12-18(28-6-3)17(13-14)24(26)27/h7-13H,4-6H2,1-3H3,(H2,21,22,25,29). The minimum atomic E-state index is -0.588. The van der Waals surface area contributed by atoms with Crippen molar-refractivity contribution in [1.29, 1.82) is 0 Å². The van der Waals surface area contributed by atoms with E-state index in [2.05, 4.69) is 29.4 Å². The zero-order valence-electron chi connectivity index (χ0n) is 16.6. The molecule has 0 aromatic heterocycles. The second kappa shape index (κ2) is 10.4. The summed E-state index contributed by atoms with van der Waals surface area (Å²) in [4.78, 5) is 25.2. The molecular weight excluding hydrogens is 392 g/mol. The van der Waals surface area contributed by atoms with Gasteiger partial charge in [-0.15, -0.1) is 0 Å². The summed E-state index contributed by atoms with van der Waals surface area (Å²) in [5.74, 6) is -0.434. The number of rotatable bonds is 8. The summed E-state index contributed by atoms with van der Waals surface area (Å²) in [6.07, 6.45) is 0. The zero-order valence-corrected chi connectivity index (χ0v) is 17.4. The fraction of sp³-hybridized carbons (Fsp3) is 0.300. The maximum atomic E-state index is 12.4. The number of nitro groups is 1. The predicted molar refractivity (Wildman–Crippen MR) is 118 cm³/mol. The third-order valence-electron chi connectivity index (χ3n) is 4.20. The first-order chi connectivity index (χ1) is 13.9. The van der Waals surface area contributed by atoms with Crippen LogP contribution in [0.5, 0.6) is 5.75 Å². The number of anilines is 2. The number of benzene rings is 2. The van der Waals surface area contributed by atoms with E-state index in [9.17, 15) is 14.9 Å². The first-order valence-corrected chi connectivity index (χ1v) is 9.68. The minimum absolute atomic E-state index is 0.0992. The molecular formula is C20H24N4O4S. The molecule has 0 atom stereocenters. The molecule has 0 unspecified atom stereocenters. The molecule has 0 saturated heterocycles. The number of ether oxygens (including phenoxy) is 1. The van der Waals surface area contributed by atoms with Crippen molar-refractivity contribution >= 4 is 40.3 Å². The lowest BCUT2D eigenvalue weighted by Gasteiger charge is -2.21. The zero-order chi connectivity index (χ0) is 21.4. The van der Waals surface area contributed by atoms with Gasteiger partial charge in [-0.05, 0) is 69.4 Å². The number of nitrogens with zero attached hydrogens (tertiary/aromatic N) is 2. The lowest BCUT2D eigenvalue weighted by atomic mass is 10.1. The van der Waals surface area contributed by atoms with Crippen LogP contribution in [0.15, 0.2) is 42.5 Å². The van der Waals surface area contributed by atoms with Crippen LogP contribution < -0.4 is 20.3 Å². The molecule has 0 aliphatic carbocycles. The van der Waals surface area contributed by atoms with E-state index in [0.29, 0.717) is 0 Å². The molecule has 2 N–H and O–H groups in total. The number of carbonyl (C=O) groups excluding carboxylic acids is 1. The largest absolute Gasteiger partial charge is 0.487 e. The molecule has 2 rings (SSSR count). The second-order valence-corrected chi connectivity index (χ2v) is 6.41. The highest BCUT2D eigenvalue weighted by Crippen LogP contribution is 2.28. The molecule has 29 heavy (non-hydrogen) atoms. The van der Waals surface area contributed by atoms with E-state index in [1.54, 1.807) is 6.92 Å². The number of thiocarbonyl (C=S) groups is 1. The Bertz CT molecular complexity index is 883. The molecule has 9 heteroatoms. The lowest BCUT2D eigenvalue weighted by Crippen LogP contribution is -2.34. The van der Waals surface area contributed by atoms with Gasteiger partial charge in [0.1, 0.15) is 0 Å². The van der Waals surface area contributed by atoms with Gasteiger partial charge in [0, 0.05) is 36.1 Å². The first kappa shape index (κ1) is 22.1. The molecule has 0 aliphatic rings. The summed E-state index contributed by atoms with van der Waals surface area (Å²) < 4.78 is 5.22. The SMILES string of the molecule is CCOc1ccc(C(=O)NC(=S)Nc2ccc(N(CC)CC)cc2)cc1[N+](=O)[O-]. The Hall–Kier alpha value is -3.20. The predicted octanol–water partition coefficient (Wildman–Crippen LogP) is 3.97. The summed E-state index contributed by atoms with van der Waals surface area (Å²) in [5.41, 5.74) is 1.66. The molecule has 2 aromatic rings. The van der Waals surface area contributed by atoms with Crippen LogP contribution in [-0.4, -0.2) is 35.6 Å². The summed E-state index contributed by atoms with van der Waals surface area (Å²) in [6, 6.07) is 11.7. The minimum Gasteiger partial charge on any atom is -0.487 e. The Morgan fingerprint density at radius 1 is 1.14 bits per heavy atom. The smallest absolute Gasteiger partial charge is 0.311 e. The van der Waals surface area contributed by atoms with Crippen LogP contribution in [0.25, 0.3) is 0 Å². The molecule has 0 radical (unpaired) electrons. The third-order valence-corrected chi connectivity index (χ3v) is 4.40. The van der Waals surface area contributed by atoms with Gasteiger partial charge in [0.2, 0.25) is 0 Å². The summed E-state index contributed by atoms with van der Waals surface area (Å²) >= 11 is 5.18. The molecule has 8 nitrogen and oxygen atoms in total. The second-order valence-electron chi connectivity index (χ2n) is 6.00. The van der Waals surface area contributed by atoms with Gasteiger partial charge < -0.3 is 15.0 Å². The van der Waals surface area contributed by atoms with Gasteiger partial charge >= 0.3 is 5.69 Å². The first-order valence-electron chi connectivity index (χ1n) is 9.28. The van der Waals surface area contributed by atoms with Crippen LogP contribution in [0, 0.1) is 10.1 Å². The van der Waals surface area contributed by atoms with Gasteiger partial charge in [-0.25, -0.2) is 0 Å². The molecule has 0 aliphatic heterocycles. The van der Waals surface area contributed by atoms with E-state index >= 15 is 0 Å². The monoisotopic (exact) mass is 416 g/mol. The fourth-order valence-electron chi connectivity index (χ4n) is 2.76. The quantitative estimate of drug-likeness (QED) is 0.382. The number of nitro benzene ring substituents is 1. The van der Waals surface area contributed by atoms with Gasteiger partial charge in [-0.1, -0.05) is 0 Å². The van der Waals surface area contributed by atoms with Crippen molar-refractivity contribution < 1.29 is 14.5 Å². The number of amides is 1. The Kier molecular flexibility index (Phi) is 7.90. The maximum Gasteiger partial charge on any atom is 0.311 e. The molecule has 0 bridgehead atoms. The van der Waals surface area contributed by atoms with E-state index in [1.807, 2.05) is 24.3 Å². The molecule has 2 aromatic carbocycles. The van der Waals surface area contributed by atoms with Crippen molar-refractivity contribution in [3.8, 4) is 5.75 Å². The van der Waals surface area contributed by atoms with Crippen LogP contribution >= 0.6 is 12.2 Å². The maximum absolute atomic E-state index is 12.4. The Labute approximate surface area is 175 Å². The van der Waals surface area contributed by atoms with E-state index in [1.165, 1.54) is 18.2 Å². The highest BCUT2D eigenvalue weighted by molar-refractivity contribution is 7.80. The molecule has 0 saturated carbocycles. The van der Waals surface area contributed by atoms with Crippen molar-refractivity contribution in [2.24, 2.45) is 0 Å². The normalized spacial score (nSPS) is 10.2. The summed E-state index contributed by atoms with van der Waals surface area (Å²) in [6.45, 7) is 8.01. The Balaban J connectivity index is 2.04. The molecule has 0 fully saturated rings. The Morgan fingerprint density at radius 3 is 2.34 bits per heavy atom. The average Bonchev–Trinajstić information content (AvgIpc) is 2.70. The van der Waals surface area contributed by atoms with Crippen LogP contribution in [0.3, 0.4) is 0 Å². The van der Waals surface area contributed by atoms with Crippen molar-refractivity contribution in [2.45, 2.75) is 20.8 Å². The van der Waals surface area contributed by atoms with E-state index < -0.39 is 10.8 Å². The summed E-state index contributed by atoms with van der Waals surface area (Å²) in [7, 11) is 0. The van der Waals surface area contributed by atoms with Crippen molar-refractivity contribution in [1.82, 2.24) is 5.32 Å². The number of carbonyl (C=O) groups is 1. The molecule has 0 heterocycles. The van der Waals surface area contributed by atoms with Crippen molar-refractivity contribution in [3.63, 3.8) is 0 Å². The Morgan fingerprint density at radius 2 is 1.79 bits per heavy atom. The van der Waals surface area contributed by atoms with Crippen LogP contribution in [-0.2, 0) is 0 Å². The number of nitrogens with one attached hydrogen (secondary N) is 2.